The average molecular weight is 461 g/mol. The molecule has 7 nitrogen and oxygen atoms in total. The first-order valence-electron chi connectivity index (χ1n) is 9.82. The molecular formula is C21H21FN4O3S2. The summed E-state index contributed by atoms with van der Waals surface area (Å²) < 4.78 is 39.8. The Labute approximate surface area is 184 Å². The molecule has 1 amide bonds. The van der Waals surface area contributed by atoms with Gasteiger partial charge in [0, 0.05) is 48.9 Å². The van der Waals surface area contributed by atoms with Gasteiger partial charge in [0.2, 0.25) is 15.9 Å². The van der Waals surface area contributed by atoms with Gasteiger partial charge in [-0.3, -0.25) is 9.78 Å². The van der Waals surface area contributed by atoms with E-state index < -0.39 is 10.0 Å². The van der Waals surface area contributed by atoms with Crippen molar-refractivity contribution in [2.45, 2.75) is 24.2 Å². The summed E-state index contributed by atoms with van der Waals surface area (Å²) in [5.41, 5.74) is 0.963. The first-order valence-corrected chi connectivity index (χ1v) is 12.1. The number of carbonyl (C=O) groups excluding carboxylic acids is 1. The monoisotopic (exact) mass is 460 g/mol. The Hall–Kier alpha value is -2.69. The lowest BCUT2D eigenvalue weighted by Gasteiger charge is -2.30. The number of aromatic nitrogens is 2. The summed E-state index contributed by atoms with van der Waals surface area (Å²) in [6, 6.07) is 9.39. The zero-order chi connectivity index (χ0) is 21.8. The summed E-state index contributed by atoms with van der Waals surface area (Å²) >= 11 is 1.38. The second kappa shape index (κ2) is 9.21. The molecule has 3 aromatic rings. The lowest BCUT2D eigenvalue weighted by Crippen LogP contribution is -2.41. The van der Waals surface area contributed by atoms with E-state index in [1.807, 2.05) is 0 Å². The molecule has 0 aliphatic carbocycles. The molecule has 0 atom stereocenters. The van der Waals surface area contributed by atoms with E-state index in [-0.39, 0.29) is 35.6 Å². The number of rotatable bonds is 6. The van der Waals surface area contributed by atoms with Gasteiger partial charge >= 0.3 is 0 Å². The van der Waals surface area contributed by atoms with Crippen molar-refractivity contribution < 1.29 is 17.6 Å². The van der Waals surface area contributed by atoms with Gasteiger partial charge in [-0.15, -0.1) is 11.3 Å². The van der Waals surface area contributed by atoms with Crippen molar-refractivity contribution in [3.8, 4) is 0 Å². The highest BCUT2D eigenvalue weighted by molar-refractivity contribution is 7.89. The Balaban J connectivity index is 1.31. The second-order valence-corrected chi connectivity index (χ2v) is 10.3. The fraction of sp³-hybridized carbons (Fsp3) is 0.286. The molecule has 0 unspecified atom stereocenters. The van der Waals surface area contributed by atoms with Gasteiger partial charge in [-0.25, -0.2) is 17.8 Å². The maximum absolute atomic E-state index is 13.0. The SMILES string of the molecule is O=C(Nc1ncc(Cc2ccc(F)cc2)s1)C1CCN(S(=O)(=O)c2cccnc2)CC1. The molecule has 1 fully saturated rings. The Morgan fingerprint density at radius 2 is 1.90 bits per heavy atom. The summed E-state index contributed by atoms with van der Waals surface area (Å²) in [5.74, 6) is -0.703. The highest BCUT2D eigenvalue weighted by Gasteiger charge is 2.32. The highest BCUT2D eigenvalue weighted by atomic mass is 32.2. The quantitative estimate of drug-likeness (QED) is 0.609. The van der Waals surface area contributed by atoms with Crippen molar-refractivity contribution in [2.24, 2.45) is 5.92 Å². The molecule has 10 heteroatoms. The molecule has 0 spiro atoms. The smallest absolute Gasteiger partial charge is 0.244 e. The number of amides is 1. The maximum Gasteiger partial charge on any atom is 0.244 e. The van der Waals surface area contributed by atoms with E-state index in [9.17, 15) is 17.6 Å². The van der Waals surface area contributed by atoms with Crippen molar-refractivity contribution in [3.63, 3.8) is 0 Å². The number of nitrogens with one attached hydrogen (secondary N) is 1. The summed E-state index contributed by atoms with van der Waals surface area (Å²) in [5, 5.41) is 3.35. The number of hydrogen-bond acceptors (Lipinski definition) is 6. The minimum absolute atomic E-state index is 0.152. The number of pyridine rings is 1. The molecule has 2 aromatic heterocycles. The van der Waals surface area contributed by atoms with Crippen molar-refractivity contribution in [1.82, 2.24) is 14.3 Å². The lowest BCUT2D eigenvalue weighted by atomic mass is 9.97. The van der Waals surface area contributed by atoms with E-state index in [1.54, 1.807) is 24.4 Å². The predicted molar refractivity (Wildman–Crippen MR) is 116 cm³/mol. The van der Waals surface area contributed by atoms with Gasteiger partial charge in [0.15, 0.2) is 5.13 Å². The molecule has 1 aliphatic heterocycles. The van der Waals surface area contributed by atoms with Crippen LogP contribution in [0.4, 0.5) is 9.52 Å². The molecule has 0 radical (unpaired) electrons. The summed E-state index contributed by atoms with van der Waals surface area (Å²) in [4.78, 5) is 21.9. The Morgan fingerprint density at radius 1 is 1.16 bits per heavy atom. The predicted octanol–water partition coefficient (Wildman–Crippen LogP) is 3.31. The summed E-state index contributed by atoms with van der Waals surface area (Å²) in [6.07, 6.45) is 6.06. The maximum atomic E-state index is 13.0. The standard InChI is InChI=1S/C21H21FN4O3S2/c22-17-5-3-15(4-6-17)12-18-13-24-21(30-18)25-20(27)16-7-10-26(11-8-16)31(28,29)19-2-1-9-23-14-19/h1-6,9,13-14,16H,7-8,10-12H2,(H,24,25,27). The van der Waals surface area contributed by atoms with Crippen LogP contribution in [0.15, 0.2) is 59.9 Å². The van der Waals surface area contributed by atoms with E-state index in [2.05, 4.69) is 15.3 Å². The number of nitrogens with zero attached hydrogens (tertiary/aromatic N) is 3. The topological polar surface area (TPSA) is 92.3 Å². The van der Waals surface area contributed by atoms with E-state index in [4.69, 9.17) is 0 Å². The third-order valence-corrected chi connectivity index (χ3v) is 7.97. The number of piperidine rings is 1. The van der Waals surface area contributed by atoms with Gasteiger partial charge in [0.25, 0.3) is 0 Å². The molecule has 1 aromatic carbocycles. The molecular weight excluding hydrogens is 439 g/mol. The third-order valence-electron chi connectivity index (χ3n) is 5.17. The molecule has 1 saturated heterocycles. The zero-order valence-electron chi connectivity index (χ0n) is 16.6. The number of halogens is 1. The van der Waals surface area contributed by atoms with Gasteiger partial charge in [0.1, 0.15) is 10.7 Å². The van der Waals surface area contributed by atoms with Crippen LogP contribution in [0, 0.1) is 11.7 Å². The minimum Gasteiger partial charge on any atom is -0.302 e. The number of carbonyl (C=O) groups is 1. The van der Waals surface area contributed by atoms with Gasteiger partial charge in [-0.2, -0.15) is 4.31 Å². The van der Waals surface area contributed by atoms with Crippen molar-refractivity contribution in [1.29, 1.82) is 0 Å². The van der Waals surface area contributed by atoms with Gasteiger partial charge in [0.05, 0.1) is 0 Å². The van der Waals surface area contributed by atoms with E-state index >= 15 is 0 Å². The van der Waals surface area contributed by atoms with Crippen LogP contribution in [-0.2, 0) is 21.2 Å². The number of thiazole rings is 1. The molecule has 0 bridgehead atoms. The average Bonchev–Trinajstić information content (AvgIpc) is 3.22. The summed E-state index contributed by atoms with van der Waals surface area (Å²) in [7, 11) is -3.59. The number of hydrogen-bond donors (Lipinski definition) is 1. The first kappa shape index (κ1) is 21.5. The molecule has 31 heavy (non-hydrogen) atoms. The number of anilines is 1. The normalized spacial score (nSPS) is 15.6. The largest absolute Gasteiger partial charge is 0.302 e. The first-order chi connectivity index (χ1) is 14.9. The second-order valence-electron chi connectivity index (χ2n) is 7.29. The van der Waals surface area contributed by atoms with Gasteiger partial charge < -0.3 is 5.32 Å². The van der Waals surface area contributed by atoms with Gasteiger partial charge in [-0.1, -0.05) is 12.1 Å². The van der Waals surface area contributed by atoms with Crippen LogP contribution in [0.3, 0.4) is 0 Å². The Bertz CT molecular complexity index is 1140. The lowest BCUT2D eigenvalue weighted by molar-refractivity contribution is -0.120. The minimum atomic E-state index is -3.59. The van der Waals surface area contributed by atoms with Crippen LogP contribution < -0.4 is 5.32 Å². The van der Waals surface area contributed by atoms with E-state index in [0.717, 1.165) is 10.4 Å². The molecule has 4 rings (SSSR count). The van der Waals surface area contributed by atoms with Crippen LogP contribution in [0.1, 0.15) is 23.3 Å². The molecule has 3 heterocycles. The fourth-order valence-electron chi connectivity index (χ4n) is 3.47. The van der Waals surface area contributed by atoms with Crippen LogP contribution >= 0.6 is 11.3 Å². The highest BCUT2D eigenvalue weighted by Crippen LogP contribution is 2.26. The van der Waals surface area contributed by atoms with Crippen LogP contribution in [0.5, 0.6) is 0 Å². The van der Waals surface area contributed by atoms with Gasteiger partial charge in [-0.05, 0) is 42.7 Å². The van der Waals surface area contributed by atoms with Crippen molar-refractivity contribution in [2.75, 3.05) is 18.4 Å². The number of benzene rings is 1. The fourth-order valence-corrected chi connectivity index (χ4v) is 5.75. The zero-order valence-corrected chi connectivity index (χ0v) is 18.2. The van der Waals surface area contributed by atoms with Crippen LogP contribution in [0.25, 0.3) is 0 Å². The van der Waals surface area contributed by atoms with E-state index in [0.29, 0.717) is 24.4 Å². The van der Waals surface area contributed by atoms with Crippen molar-refractivity contribution in [3.05, 3.63) is 71.2 Å². The third kappa shape index (κ3) is 5.15. The Kier molecular flexibility index (Phi) is 6.40. The van der Waals surface area contributed by atoms with Crippen LogP contribution in [-0.4, -0.2) is 41.7 Å². The molecule has 162 valence electrons. The van der Waals surface area contributed by atoms with Crippen LogP contribution in [0.2, 0.25) is 0 Å². The molecule has 1 N–H and O–H groups in total. The summed E-state index contributed by atoms with van der Waals surface area (Å²) in [6.45, 7) is 0.562. The molecule has 1 aliphatic rings. The Morgan fingerprint density at radius 3 is 2.58 bits per heavy atom. The van der Waals surface area contributed by atoms with Crippen molar-refractivity contribution >= 4 is 32.4 Å². The number of sulfonamides is 1. The van der Waals surface area contributed by atoms with E-state index in [1.165, 1.54) is 46.2 Å². The molecule has 0 saturated carbocycles.